The van der Waals surface area contributed by atoms with Crippen LogP contribution in [0.3, 0.4) is 0 Å². The number of amides is 3. The molecule has 1 aliphatic heterocycles. The average Bonchev–Trinajstić information content (AvgIpc) is 3.18. The summed E-state index contributed by atoms with van der Waals surface area (Å²) < 4.78 is 0. The van der Waals surface area contributed by atoms with Gasteiger partial charge in [-0.1, -0.05) is 13.8 Å². The third-order valence-corrected chi connectivity index (χ3v) is 5.85. The second kappa shape index (κ2) is 9.02. The van der Waals surface area contributed by atoms with Crippen LogP contribution in [-0.4, -0.2) is 48.5 Å². The zero-order valence-corrected chi connectivity index (χ0v) is 16.8. The molecule has 0 spiro atoms. The van der Waals surface area contributed by atoms with E-state index in [1.165, 1.54) is 14.7 Å². The monoisotopic (exact) mass is 379 g/mol. The van der Waals surface area contributed by atoms with Crippen LogP contribution < -0.4 is 16.0 Å². The molecule has 0 aliphatic carbocycles. The number of rotatable bonds is 8. The van der Waals surface area contributed by atoms with Crippen molar-refractivity contribution in [2.45, 2.75) is 52.1 Å². The van der Waals surface area contributed by atoms with Crippen LogP contribution in [0.1, 0.15) is 43.4 Å². The van der Waals surface area contributed by atoms with Crippen molar-refractivity contribution >= 4 is 29.2 Å². The van der Waals surface area contributed by atoms with Gasteiger partial charge in [0.15, 0.2) is 5.96 Å². The van der Waals surface area contributed by atoms with Crippen molar-refractivity contribution in [1.29, 1.82) is 0 Å². The molecule has 2 rings (SSSR count). The molecule has 0 bridgehead atoms. The van der Waals surface area contributed by atoms with Crippen molar-refractivity contribution in [3.05, 3.63) is 21.9 Å². The lowest BCUT2D eigenvalue weighted by atomic mass is 9.99. The summed E-state index contributed by atoms with van der Waals surface area (Å²) in [5.74, 6) is 0.573. The molecule has 0 radical (unpaired) electrons. The van der Waals surface area contributed by atoms with E-state index < -0.39 is 5.54 Å². The van der Waals surface area contributed by atoms with Gasteiger partial charge in [0, 0.05) is 29.9 Å². The van der Waals surface area contributed by atoms with Gasteiger partial charge in [0.1, 0.15) is 5.54 Å². The van der Waals surface area contributed by atoms with Gasteiger partial charge in [-0.25, -0.2) is 4.79 Å². The molecule has 1 unspecified atom stereocenters. The van der Waals surface area contributed by atoms with E-state index in [1.807, 2.05) is 6.92 Å². The van der Waals surface area contributed by atoms with E-state index in [0.29, 0.717) is 31.9 Å². The Bertz CT molecular complexity index is 672. The van der Waals surface area contributed by atoms with Gasteiger partial charge in [-0.15, -0.1) is 11.3 Å². The molecule has 1 aromatic rings. The maximum atomic E-state index is 12.3. The summed E-state index contributed by atoms with van der Waals surface area (Å²) in [5.41, 5.74) is -0.764. The predicted octanol–water partition coefficient (Wildman–Crippen LogP) is 2.09. The number of hydrogen-bond donors (Lipinski definition) is 3. The Morgan fingerprint density at radius 3 is 2.58 bits per heavy atom. The number of carbonyl (C=O) groups excluding carboxylic acids is 2. The Labute approximate surface area is 159 Å². The fourth-order valence-corrected chi connectivity index (χ4v) is 3.63. The van der Waals surface area contributed by atoms with Crippen LogP contribution in [-0.2, 0) is 17.8 Å². The van der Waals surface area contributed by atoms with Gasteiger partial charge in [0.2, 0.25) is 0 Å². The standard InChI is InChI=1S/C18H29N5O2S/c1-5-13-8-9-14(26-13)12-21-16(19-4)20-10-7-11-23-15(24)18(3,6-2)22-17(23)25/h8-9H,5-7,10-12H2,1-4H3,(H,22,25)(H2,19,20,21). The van der Waals surface area contributed by atoms with Crippen LogP contribution in [0.15, 0.2) is 17.1 Å². The van der Waals surface area contributed by atoms with Gasteiger partial charge in [-0.2, -0.15) is 0 Å². The number of aliphatic imine (C=N–C) groups is 1. The molecule has 0 aromatic carbocycles. The molecule has 3 amide bonds. The van der Waals surface area contributed by atoms with E-state index in [-0.39, 0.29) is 11.9 Å². The number of guanidine groups is 1. The maximum Gasteiger partial charge on any atom is 0.325 e. The Hall–Kier alpha value is -2.09. The molecular weight excluding hydrogens is 350 g/mol. The van der Waals surface area contributed by atoms with Crippen LogP contribution >= 0.6 is 11.3 Å². The third-order valence-electron chi connectivity index (χ3n) is 4.62. The molecule has 1 fully saturated rings. The first-order chi connectivity index (χ1) is 12.4. The largest absolute Gasteiger partial charge is 0.356 e. The van der Waals surface area contributed by atoms with E-state index in [1.54, 1.807) is 25.3 Å². The third kappa shape index (κ3) is 4.75. The first-order valence-corrected chi connectivity index (χ1v) is 9.91. The van der Waals surface area contributed by atoms with E-state index >= 15 is 0 Å². The quantitative estimate of drug-likeness (QED) is 0.279. The molecule has 26 heavy (non-hydrogen) atoms. The molecule has 144 valence electrons. The number of nitrogens with zero attached hydrogens (tertiary/aromatic N) is 2. The Morgan fingerprint density at radius 2 is 2.00 bits per heavy atom. The summed E-state index contributed by atoms with van der Waals surface area (Å²) in [6.45, 7) is 7.57. The molecule has 7 nitrogen and oxygen atoms in total. The number of nitrogens with one attached hydrogen (secondary N) is 3. The molecule has 1 aliphatic rings. The van der Waals surface area contributed by atoms with Crippen molar-refractivity contribution in [1.82, 2.24) is 20.9 Å². The van der Waals surface area contributed by atoms with Crippen LogP contribution in [0.5, 0.6) is 0 Å². The summed E-state index contributed by atoms with van der Waals surface area (Å²) in [4.78, 5) is 32.4. The normalized spacial score (nSPS) is 20.5. The fourth-order valence-electron chi connectivity index (χ4n) is 2.73. The molecule has 1 atom stereocenters. The Morgan fingerprint density at radius 1 is 1.27 bits per heavy atom. The molecule has 0 saturated carbocycles. The minimum atomic E-state index is -0.764. The van der Waals surface area contributed by atoms with Gasteiger partial charge < -0.3 is 16.0 Å². The van der Waals surface area contributed by atoms with Gasteiger partial charge >= 0.3 is 6.03 Å². The first kappa shape index (κ1) is 20.2. The summed E-state index contributed by atoms with van der Waals surface area (Å²) in [5, 5.41) is 9.27. The smallest absolute Gasteiger partial charge is 0.325 e. The first-order valence-electron chi connectivity index (χ1n) is 9.09. The minimum Gasteiger partial charge on any atom is -0.356 e. The van der Waals surface area contributed by atoms with Gasteiger partial charge in [-0.3, -0.25) is 14.7 Å². The Kier molecular flexibility index (Phi) is 7.02. The maximum absolute atomic E-state index is 12.3. The van der Waals surface area contributed by atoms with Crippen LogP contribution in [0.2, 0.25) is 0 Å². The van der Waals surface area contributed by atoms with Crippen LogP contribution in [0, 0.1) is 0 Å². The molecule has 8 heteroatoms. The van der Waals surface area contributed by atoms with Crippen molar-refractivity contribution in [2.24, 2.45) is 4.99 Å². The van der Waals surface area contributed by atoms with Crippen molar-refractivity contribution in [2.75, 3.05) is 20.1 Å². The van der Waals surface area contributed by atoms with Crippen molar-refractivity contribution in [3.8, 4) is 0 Å². The number of imide groups is 1. The highest BCUT2D eigenvalue weighted by molar-refractivity contribution is 7.11. The second-order valence-electron chi connectivity index (χ2n) is 6.50. The molecule has 2 heterocycles. The van der Waals surface area contributed by atoms with Crippen molar-refractivity contribution < 1.29 is 9.59 Å². The van der Waals surface area contributed by atoms with E-state index in [4.69, 9.17) is 0 Å². The number of carbonyl (C=O) groups is 2. The summed E-state index contributed by atoms with van der Waals surface area (Å²) in [6.07, 6.45) is 2.31. The number of aryl methyl sites for hydroxylation is 1. The zero-order chi connectivity index (χ0) is 19.2. The fraction of sp³-hybridized carbons (Fsp3) is 0.611. The zero-order valence-electron chi connectivity index (χ0n) is 16.0. The lowest BCUT2D eigenvalue weighted by Gasteiger charge is -2.19. The van der Waals surface area contributed by atoms with Gasteiger partial charge in [-0.05, 0) is 38.3 Å². The predicted molar refractivity (Wildman–Crippen MR) is 105 cm³/mol. The van der Waals surface area contributed by atoms with Crippen LogP contribution in [0.4, 0.5) is 4.79 Å². The topological polar surface area (TPSA) is 85.8 Å². The molecule has 3 N–H and O–H groups in total. The lowest BCUT2D eigenvalue weighted by Crippen LogP contribution is -2.43. The van der Waals surface area contributed by atoms with Crippen LogP contribution in [0.25, 0.3) is 0 Å². The Balaban J connectivity index is 1.72. The lowest BCUT2D eigenvalue weighted by molar-refractivity contribution is -0.130. The summed E-state index contributed by atoms with van der Waals surface area (Å²) >= 11 is 1.80. The second-order valence-corrected chi connectivity index (χ2v) is 7.75. The molecular formula is C18H29N5O2S. The number of hydrogen-bond acceptors (Lipinski definition) is 4. The highest BCUT2D eigenvalue weighted by atomic mass is 32.1. The van der Waals surface area contributed by atoms with E-state index in [9.17, 15) is 9.59 Å². The molecule has 1 saturated heterocycles. The highest BCUT2D eigenvalue weighted by Crippen LogP contribution is 2.20. The summed E-state index contributed by atoms with van der Waals surface area (Å²) in [6, 6.07) is 3.98. The number of thiophene rings is 1. The van der Waals surface area contributed by atoms with Gasteiger partial charge in [0.05, 0.1) is 6.54 Å². The van der Waals surface area contributed by atoms with E-state index in [2.05, 4.69) is 40.0 Å². The number of urea groups is 1. The average molecular weight is 380 g/mol. The SMILES string of the molecule is CCc1ccc(CNC(=NC)NCCCN2C(=O)NC(C)(CC)C2=O)s1. The van der Waals surface area contributed by atoms with Gasteiger partial charge in [0.25, 0.3) is 5.91 Å². The molecule has 1 aromatic heterocycles. The minimum absolute atomic E-state index is 0.142. The highest BCUT2D eigenvalue weighted by Gasteiger charge is 2.45. The van der Waals surface area contributed by atoms with Crippen molar-refractivity contribution in [3.63, 3.8) is 0 Å². The van der Waals surface area contributed by atoms with E-state index in [0.717, 1.165) is 13.0 Å². The summed E-state index contributed by atoms with van der Waals surface area (Å²) in [7, 11) is 1.73.